The third-order valence-corrected chi connectivity index (χ3v) is 5.85. The van der Waals surface area contributed by atoms with Crippen LogP contribution < -0.4 is 10.2 Å². The standard InChI is InChI=1S/C19H23FN6S/c1-2-24-10-12-25(13-11-24)18-22-23-19(27-18)26-9-5-6-15(26)14-21-17-8-4-3-7-16(17)20/h3-9,21H,2,10-14H2,1H3. The zero-order valence-electron chi connectivity index (χ0n) is 15.3. The lowest BCUT2D eigenvalue weighted by Gasteiger charge is -2.33. The van der Waals surface area contributed by atoms with Crippen LogP contribution in [0.15, 0.2) is 42.6 Å². The Bertz CT molecular complexity index is 884. The highest BCUT2D eigenvalue weighted by molar-refractivity contribution is 7.17. The predicted octanol–water partition coefficient (Wildman–Crippen LogP) is 3.22. The third-order valence-electron chi connectivity index (χ3n) is 4.87. The number of aromatic nitrogens is 3. The third kappa shape index (κ3) is 3.96. The number of hydrogen-bond donors (Lipinski definition) is 1. The van der Waals surface area contributed by atoms with Crippen LogP contribution in [0.5, 0.6) is 0 Å². The molecule has 0 saturated carbocycles. The number of rotatable bonds is 6. The Morgan fingerprint density at radius 3 is 2.59 bits per heavy atom. The summed E-state index contributed by atoms with van der Waals surface area (Å²) in [6.45, 7) is 7.89. The minimum Gasteiger partial charge on any atom is -0.377 e. The first kappa shape index (κ1) is 17.9. The van der Waals surface area contributed by atoms with E-state index in [1.807, 2.05) is 29.0 Å². The van der Waals surface area contributed by atoms with E-state index in [-0.39, 0.29) is 5.82 Å². The monoisotopic (exact) mass is 386 g/mol. The number of likely N-dealkylation sites (N-methyl/N-ethyl adjacent to an activating group) is 1. The van der Waals surface area contributed by atoms with Gasteiger partial charge in [0, 0.05) is 38.1 Å². The van der Waals surface area contributed by atoms with Crippen molar-refractivity contribution >= 4 is 22.2 Å². The van der Waals surface area contributed by atoms with Gasteiger partial charge in [-0.3, -0.25) is 4.57 Å². The van der Waals surface area contributed by atoms with Crippen molar-refractivity contribution in [2.75, 3.05) is 42.9 Å². The summed E-state index contributed by atoms with van der Waals surface area (Å²) < 4.78 is 15.8. The fourth-order valence-corrected chi connectivity index (χ4v) is 4.14. The smallest absolute Gasteiger partial charge is 0.218 e. The van der Waals surface area contributed by atoms with E-state index in [9.17, 15) is 4.39 Å². The van der Waals surface area contributed by atoms with Crippen LogP contribution in [0.1, 0.15) is 12.6 Å². The van der Waals surface area contributed by atoms with E-state index in [0.717, 1.165) is 48.7 Å². The molecule has 142 valence electrons. The molecule has 0 bridgehead atoms. The molecule has 0 aliphatic carbocycles. The zero-order valence-corrected chi connectivity index (χ0v) is 16.1. The lowest BCUT2D eigenvalue weighted by molar-refractivity contribution is 0.271. The van der Waals surface area contributed by atoms with Crippen LogP contribution in [0.25, 0.3) is 5.13 Å². The quantitative estimate of drug-likeness (QED) is 0.705. The lowest BCUT2D eigenvalue weighted by Crippen LogP contribution is -2.46. The second-order valence-electron chi connectivity index (χ2n) is 6.49. The molecule has 27 heavy (non-hydrogen) atoms. The number of halogens is 1. The number of anilines is 2. The SMILES string of the molecule is CCN1CCN(c2nnc(-n3cccc3CNc3ccccc3F)s2)CC1. The molecule has 1 fully saturated rings. The largest absolute Gasteiger partial charge is 0.377 e. The second kappa shape index (κ2) is 8.06. The molecule has 6 nitrogen and oxygen atoms in total. The molecule has 8 heteroatoms. The van der Waals surface area contributed by atoms with E-state index < -0.39 is 0 Å². The van der Waals surface area contributed by atoms with Gasteiger partial charge in [-0.15, -0.1) is 10.2 Å². The molecule has 1 N–H and O–H groups in total. The Hall–Kier alpha value is -2.45. The Morgan fingerprint density at radius 1 is 1.04 bits per heavy atom. The number of para-hydroxylation sites is 1. The minimum absolute atomic E-state index is 0.250. The zero-order chi connectivity index (χ0) is 18.6. The topological polar surface area (TPSA) is 49.2 Å². The Kier molecular flexibility index (Phi) is 5.35. The van der Waals surface area contributed by atoms with Crippen LogP contribution >= 0.6 is 11.3 Å². The maximum absolute atomic E-state index is 13.8. The number of nitrogens with zero attached hydrogens (tertiary/aromatic N) is 5. The number of piperazine rings is 1. The van der Waals surface area contributed by atoms with E-state index in [4.69, 9.17) is 0 Å². The van der Waals surface area contributed by atoms with Gasteiger partial charge >= 0.3 is 0 Å². The van der Waals surface area contributed by atoms with Gasteiger partial charge in [0.05, 0.1) is 12.2 Å². The van der Waals surface area contributed by atoms with Gasteiger partial charge in [0.15, 0.2) is 0 Å². The first-order valence-electron chi connectivity index (χ1n) is 9.20. The van der Waals surface area contributed by atoms with Crippen molar-refractivity contribution < 1.29 is 4.39 Å². The van der Waals surface area contributed by atoms with E-state index in [1.54, 1.807) is 23.5 Å². The van der Waals surface area contributed by atoms with Crippen LogP contribution in [0.2, 0.25) is 0 Å². The van der Waals surface area contributed by atoms with Crippen molar-refractivity contribution in [3.8, 4) is 5.13 Å². The molecule has 4 rings (SSSR count). The van der Waals surface area contributed by atoms with Crippen molar-refractivity contribution in [3.63, 3.8) is 0 Å². The molecule has 3 aromatic rings. The normalized spacial score (nSPS) is 15.3. The summed E-state index contributed by atoms with van der Waals surface area (Å²) in [5, 5.41) is 13.7. The van der Waals surface area contributed by atoms with Gasteiger partial charge in [0.2, 0.25) is 10.3 Å². The first-order chi connectivity index (χ1) is 13.2. The van der Waals surface area contributed by atoms with Gasteiger partial charge in [-0.05, 0) is 30.8 Å². The highest BCUT2D eigenvalue weighted by Gasteiger charge is 2.20. The van der Waals surface area contributed by atoms with E-state index >= 15 is 0 Å². The van der Waals surface area contributed by atoms with Gasteiger partial charge in [-0.2, -0.15) is 0 Å². The Balaban J connectivity index is 1.45. The maximum atomic E-state index is 13.8. The van der Waals surface area contributed by atoms with E-state index in [0.29, 0.717) is 12.2 Å². The van der Waals surface area contributed by atoms with Crippen LogP contribution in [-0.4, -0.2) is 52.4 Å². The fourth-order valence-electron chi connectivity index (χ4n) is 3.23. The van der Waals surface area contributed by atoms with Crippen molar-refractivity contribution in [1.29, 1.82) is 0 Å². The molecule has 2 aromatic heterocycles. The Labute approximate surface area is 162 Å². The van der Waals surface area contributed by atoms with Crippen molar-refractivity contribution in [2.45, 2.75) is 13.5 Å². The molecule has 3 heterocycles. The van der Waals surface area contributed by atoms with Crippen molar-refractivity contribution in [1.82, 2.24) is 19.7 Å². The molecule has 0 spiro atoms. The van der Waals surface area contributed by atoms with Crippen molar-refractivity contribution in [2.24, 2.45) is 0 Å². The Morgan fingerprint density at radius 2 is 1.81 bits per heavy atom. The molecular formula is C19H23FN6S. The lowest BCUT2D eigenvalue weighted by atomic mass is 10.3. The summed E-state index contributed by atoms with van der Waals surface area (Å²) in [7, 11) is 0. The summed E-state index contributed by atoms with van der Waals surface area (Å²) in [6.07, 6.45) is 1.97. The fraction of sp³-hybridized carbons (Fsp3) is 0.368. The van der Waals surface area contributed by atoms with Gasteiger partial charge in [0.25, 0.3) is 0 Å². The number of hydrogen-bond acceptors (Lipinski definition) is 6. The van der Waals surface area contributed by atoms with Crippen molar-refractivity contribution in [3.05, 3.63) is 54.1 Å². The average Bonchev–Trinajstić information content (AvgIpc) is 3.36. The van der Waals surface area contributed by atoms with Gasteiger partial charge < -0.3 is 15.1 Å². The number of nitrogens with one attached hydrogen (secondary N) is 1. The first-order valence-corrected chi connectivity index (χ1v) is 10.0. The summed E-state index contributed by atoms with van der Waals surface area (Å²) >= 11 is 1.59. The minimum atomic E-state index is -0.250. The van der Waals surface area contributed by atoms with E-state index in [1.165, 1.54) is 6.07 Å². The second-order valence-corrected chi connectivity index (χ2v) is 7.43. The summed E-state index contributed by atoms with van der Waals surface area (Å²) in [4.78, 5) is 4.74. The summed E-state index contributed by atoms with van der Waals surface area (Å²) in [5.41, 5.74) is 1.51. The molecule has 1 aliphatic rings. The molecule has 0 unspecified atom stereocenters. The number of benzene rings is 1. The molecular weight excluding hydrogens is 363 g/mol. The summed E-state index contributed by atoms with van der Waals surface area (Å²) in [5.74, 6) is -0.250. The molecule has 0 atom stereocenters. The molecule has 0 amide bonds. The van der Waals surface area contributed by atoms with Crippen LogP contribution in [0.4, 0.5) is 15.2 Å². The maximum Gasteiger partial charge on any atom is 0.218 e. The van der Waals surface area contributed by atoms with Crippen LogP contribution in [0, 0.1) is 5.82 Å². The van der Waals surface area contributed by atoms with E-state index in [2.05, 4.69) is 32.2 Å². The molecule has 0 radical (unpaired) electrons. The molecule has 1 saturated heterocycles. The molecule has 1 aliphatic heterocycles. The molecule has 1 aromatic carbocycles. The van der Waals surface area contributed by atoms with Gasteiger partial charge in [-0.25, -0.2) is 4.39 Å². The van der Waals surface area contributed by atoms with Gasteiger partial charge in [0.1, 0.15) is 5.82 Å². The van der Waals surface area contributed by atoms with Crippen LogP contribution in [0.3, 0.4) is 0 Å². The van der Waals surface area contributed by atoms with Gasteiger partial charge in [-0.1, -0.05) is 30.4 Å². The predicted molar refractivity (Wildman–Crippen MR) is 107 cm³/mol. The average molecular weight is 387 g/mol. The van der Waals surface area contributed by atoms with Crippen LogP contribution in [-0.2, 0) is 6.54 Å². The summed E-state index contributed by atoms with van der Waals surface area (Å²) in [6, 6.07) is 10.7. The highest BCUT2D eigenvalue weighted by atomic mass is 32.1. The highest BCUT2D eigenvalue weighted by Crippen LogP contribution is 2.26.